The number of carboxylic acid groups (broad SMARTS) is 1. The average Bonchev–Trinajstić information content (AvgIpc) is 2.62. The maximum Gasteiger partial charge on any atom is 0.336 e. The summed E-state index contributed by atoms with van der Waals surface area (Å²) in [6, 6.07) is 1.54. The van der Waals surface area contributed by atoms with Crippen LogP contribution in [0.2, 0.25) is 0 Å². The number of carbonyl (C=O) groups is 1. The SMILES string of the molecule is CN(C)CCC(O)c1cc(C(=O)O)cs1. The minimum atomic E-state index is -0.947. The van der Waals surface area contributed by atoms with E-state index in [4.69, 9.17) is 5.11 Å². The largest absolute Gasteiger partial charge is 0.478 e. The molecule has 0 saturated heterocycles. The summed E-state index contributed by atoms with van der Waals surface area (Å²) < 4.78 is 0. The Balaban J connectivity index is 2.58. The Labute approximate surface area is 92.8 Å². The van der Waals surface area contributed by atoms with Crippen molar-refractivity contribution in [2.45, 2.75) is 12.5 Å². The first-order valence-corrected chi connectivity index (χ1v) is 5.53. The number of aliphatic hydroxyl groups excluding tert-OH is 1. The Bertz CT molecular complexity index is 335. The fraction of sp³-hybridized carbons (Fsp3) is 0.500. The predicted molar refractivity (Wildman–Crippen MR) is 59.4 cm³/mol. The zero-order valence-electron chi connectivity index (χ0n) is 8.80. The van der Waals surface area contributed by atoms with Crippen LogP contribution >= 0.6 is 11.3 Å². The van der Waals surface area contributed by atoms with Gasteiger partial charge in [0.15, 0.2) is 0 Å². The molecule has 0 radical (unpaired) electrons. The summed E-state index contributed by atoms with van der Waals surface area (Å²) in [6.45, 7) is 0.779. The van der Waals surface area contributed by atoms with E-state index in [1.807, 2.05) is 19.0 Å². The quantitative estimate of drug-likeness (QED) is 0.802. The van der Waals surface area contributed by atoms with E-state index in [0.29, 0.717) is 11.3 Å². The topological polar surface area (TPSA) is 60.8 Å². The second-order valence-corrected chi connectivity index (χ2v) is 4.59. The van der Waals surface area contributed by atoms with Crippen molar-refractivity contribution in [3.05, 3.63) is 21.9 Å². The summed E-state index contributed by atoms with van der Waals surface area (Å²) in [4.78, 5) is 13.3. The van der Waals surface area contributed by atoms with Crippen molar-refractivity contribution in [1.82, 2.24) is 4.90 Å². The van der Waals surface area contributed by atoms with Crippen LogP contribution in [0.25, 0.3) is 0 Å². The molecular weight excluding hydrogens is 214 g/mol. The molecule has 0 spiro atoms. The van der Waals surface area contributed by atoms with Crippen molar-refractivity contribution in [2.75, 3.05) is 20.6 Å². The monoisotopic (exact) mass is 229 g/mol. The third-order valence-electron chi connectivity index (χ3n) is 2.04. The molecule has 0 bridgehead atoms. The summed E-state index contributed by atoms with van der Waals surface area (Å²) in [5.41, 5.74) is 0.249. The van der Waals surface area contributed by atoms with Gasteiger partial charge >= 0.3 is 5.97 Å². The van der Waals surface area contributed by atoms with Gasteiger partial charge in [0, 0.05) is 16.8 Å². The van der Waals surface area contributed by atoms with Crippen molar-refractivity contribution >= 4 is 17.3 Å². The lowest BCUT2D eigenvalue weighted by Gasteiger charge is -2.12. The number of thiophene rings is 1. The molecule has 0 saturated carbocycles. The van der Waals surface area contributed by atoms with Gasteiger partial charge in [0.25, 0.3) is 0 Å². The minimum absolute atomic E-state index is 0.249. The molecule has 1 unspecified atom stereocenters. The van der Waals surface area contributed by atoms with Crippen LogP contribution in [-0.2, 0) is 0 Å². The van der Waals surface area contributed by atoms with Gasteiger partial charge in [-0.3, -0.25) is 0 Å². The molecule has 0 aliphatic carbocycles. The van der Waals surface area contributed by atoms with Gasteiger partial charge in [-0.05, 0) is 26.6 Å². The van der Waals surface area contributed by atoms with Gasteiger partial charge in [0.2, 0.25) is 0 Å². The first-order chi connectivity index (χ1) is 7.00. The third kappa shape index (κ3) is 3.62. The van der Waals surface area contributed by atoms with Crippen LogP contribution in [0.1, 0.15) is 27.8 Å². The molecule has 1 rings (SSSR count). The predicted octanol–water partition coefficient (Wildman–Crippen LogP) is 1.43. The second-order valence-electron chi connectivity index (χ2n) is 3.65. The van der Waals surface area contributed by atoms with Crippen LogP contribution in [0.4, 0.5) is 0 Å². The van der Waals surface area contributed by atoms with Gasteiger partial charge in [-0.1, -0.05) is 0 Å². The Morgan fingerprint density at radius 2 is 2.27 bits per heavy atom. The Kier molecular flexibility index (Phi) is 4.26. The van der Waals surface area contributed by atoms with E-state index in [0.717, 1.165) is 6.54 Å². The molecule has 1 aromatic rings. The van der Waals surface area contributed by atoms with E-state index >= 15 is 0 Å². The number of aromatic carboxylic acids is 1. The molecule has 0 aliphatic rings. The van der Waals surface area contributed by atoms with Gasteiger partial charge < -0.3 is 15.1 Å². The van der Waals surface area contributed by atoms with Gasteiger partial charge in [-0.25, -0.2) is 4.79 Å². The molecular formula is C10H15NO3S. The number of aliphatic hydroxyl groups is 1. The van der Waals surface area contributed by atoms with Crippen LogP contribution in [-0.4, -0.2) is 41.7 Å². The molecule has 2 N–H and O–H groups in total. The summed E-state index contributed by atoms with van der Waals surface area (Å²) in [6.07, 6.45) is 0.0533. The minimum Gasteiger partial charge on any atom is -0.478 e. The Morgan fingerprint density at radius 1 is 1.60 bits per heavy atom. The highest BCUT2D eigenvalue weighted by Crippen LogP contribution is 2.24. The molecule has 1 aromatic heterocycles. The fourth-order valence-electron chi connectivity index (χ4n) is 1.16. The molecule has 1 heterocycles. The van der Waals surface area contributed by atoms with E-state index in [1.54, 1.807) is 5.38 Å². The van der Waals surface area contributed by atoms with Crippen molar-refractivity contribution < 1.29 is 15.0 Å². The molecule has 0 aliphatic heterocycles. The van der Waals surface area contributed by atoms with Crippen molar-refractivity contribution in [1.29, 1.82) is 0 Å². The zero-order valence-corrected chi connectivity index (χ0v) is 9.62. The number of hydrogen-bond donors (Lipinski definition) is 2. The summed E-state index contributed by atoms with van der Waals surface area (Å²) in [5, 5.41) is 20.0. The number of rotatable bonds is 5. The van der Waals surface area contributed by atoms with Crippen LogP contribution < -0.4 is 0 Å². The normalized spacial score (nSPS) is 13.1. The first-order valence-electron chi connectivity index (χ1n) is 4.65. The van der Waals surface area contributed by atoms with Crippen LogP contribution in [0.15, 0.2) is 11.4 Å². The number of carboxylic acids is 1. The average molecular weight is 229 g/mol. The highest BCUT2D eigenvalue weighted by Gasteiger charge is 2.13. The fourth-order valence-corrected chi connectivity index (χ4v) is 2.06. The van der Waals surface area contributed by atoms with Crippen molar-refractivity contribution in [2.24, 2.45) is 0 Å². The summed E-state index contributed by atoms with van der Waals surface area (Å²) in [5.74, 6) is -0.947. The maximum absolute atomic E-state index is 10.6. The van der Waals surface area contributed by atoms with Gasteiger partial charge in [-0.2, -0.15) is 0 Å². The van der Waals surface area contributed by atoms with E-state index in [1.165, 1.54) is 17.4 Å². The van der Waals surface area contributed by atoms with Crippen molar-refractivity contribution in [3.8, 4) is 0 Å². The molecule has 84 valence electrons. The molecule has 0 amide bonds. The number of nitrogens with zero attached hydrogens (tertiary/aromatic N) is 1. The van der Waals surface area contributed by atoms with Gasteiger partial charge in [-0.15, -0.1) is 11.3 Å². The van der Waals surface area contributed by atoms with Crippen molar-refractivity contribution in [3.63, 3.8) is 0 Å². The second kappa shape index (κ2) is 5.25. The van der Waals surface area contributed by atoms with E-state index in [2.05, 4.69) is 0 Å². The van der Waals surface area contributed by atoms with E-state index in [-0.39, 0.29) is 5.56 Å². The van der Waals surface area contributed by atoms with Crippen LogP contribution in [0.3, 0.4) is 0 Å². The summed E-state index contributed by atoms with van der Waals surface area (Å²) in [7, 11) is 3.87. The lowest BCUT2D eigenvalue weighted by molar-refractivity contribution is 0.0697. The van der Waals surface area contributed by atoms with Crippen LogP contribution in [0, 0.1) is 0 Å². The lowest BCUT2D eigenvalue weighted by Crippen LogP contribution is -2.15. The molecule has 0 aromatic carbocycles. The Hall–Kier alpha value is -0.910. The maximum atomic E-state index is 10.6. The standard InChI is InChI=1S/C10H15NO3S/c1-11(2)4-3-8(12)9-5-7(6-15-9)10(13)14/h5-6,8,12H,3-4H2,1-2H3,(H,13,14). The molecule has 0 fully saturated rings. The smallest absolute Gasteiger partial charge is 0.336 e. The molecule has 5 heteroatoms. The van der Waals surface area contributed by atoms with E-state index < -0.39 is 12.1 Å². The highest BCUT2D eigenvalue weighted by atomic mass is 32.1. The first kappa shape index (κ1) is 12.2. The zero-order chi connectivity index (χ0) is 11.4. The van der Waals surface area contributed by atoms with E-state index in [9.17, 15) is 9.90 Å². The lowest BCUT2D eigenvalue weighted by atomic mass is 10.2. The summed E-state index contributed by atoms with van der Waals surface area (Å²) >= 11 is 1.29. The Morgan fingerprint density at radius 3 is 2.73 bits per heavy atom. The molecule has 1 atom stereocenters. The number of hydrogen-bond acceptors (Lipinski definition) is 4. The molecule has 15 heavy (non-hydrogen) atoms. The van der Waals surface area contributed by atoms with Crippen LogP contribution in [0.5, 0.6) is 0 Å². The van der Waals surface area contributed by atoms with Gasteiger partial charge in [0.1, 0.15) is 0 Å². The third-order valence-corrected chi connectivity index (χ3v) is 3.08. The van der Waals surface area contributed by atoms with Gasteiger partial charge in [0.05, 0.1) is 11.7 Å². The highest BCUT2D eigenvalue weighted by molar-refractivity contribution is 7.10. The molecule has 4 nitrogen and oxygen atoms in total.